The zero-order chi connectivity index (χ0) is 57.1. The fraction of sp³-hybridized carbons (Fsp3) is 0.767. The Bertz CT molecular complexity index is 1500. The van der Waals surface area contributed by atoms with Gasteiger partial charge in [0.05, 0.1) is 0 Å². The van der Waals surface area contributed by atoms with Gasteiger partial charge in [0.1, 0.15) is 13.2 Å². The lowest BCUT2D eigenvalue weighted by Crippen LogP contribution is -2.30. The van der Waals surface area contributed by atoms with E-state index in [0.29, 0.717) is 19.3 Å². The quantitative estimate of drug-likeness (QED) is 0.0261. The third kappa shape index (κ3) is 65.3. The summed E-state index contributed by atoms with van der Waals surface area (Å²) in [7, 11) is 0. The van der Waals surface area contributed by atoms with Crippen LogP contribution < -0.4 is 0 Å². The number of carbonyl (C=O) groups excluding carboxylic acids is 3. The summed E-state index contributed by atoms with van der Waals surface area (Å²) in [6.07, 6.45) is 88.8. The Labute approximate surface area is 490 Å². The molecule has 6 heteroatoms. The van der Waals surface area contributed by atoms with Gasteiger partial charge < -0.3 is 14.2 Å². The van der Waals surface area contributed by atoms with Gasteiger partial charge in [0, 0.05) is 19.3 Å². The van der Waals surface area contributed by atoms with Gasteiger partial charge in [-0.2, -0.15) is 0 Å². The zero-order valence-electron chi connectivity index (χ0n) is 52.4. The highest BCUT2D eigenvalue weighted by Gasteiger charge is 2.19. The summed E-state index contributed by atoms with van der Waals surface area (Å²) in [5.41, 5.74) is 0. The van der Waals surface area contributed by atoms with E-state index in [1.807, 2.05) is 0 Å². The topological polar surface area (TPSA) is 78.9 Å². The molecule has 0 radical (unpaired) electrons. The van der Waals surface area contributed by atoms with E-state index in [1.165, 1.54) is 199 Å². The Morgan fingerprint density at radius 1 is 0.266 bits per heavy atom. The number of hydrogen-bond acceptors (Lipinski definition) is 6. The fourth-order valence-corrected chi connectivity index (χ4v) is 9.80. The Balaban J connectivity index is 4.34. The SMILES string of the molecule is CC/C=C\C/C=C\C/C=C\C/C=C\C/C=C\C/C=C\CCCCCCCCCCC(=O)OCC(COC(=O)CCCCCCCCCCCCCCCCCCC)OC(=O)CCCCCCCCC/C=C\CCCCCCCC. The van der Waals surface area contributed by atoms with Gasteiger partial charge in [-0.15, -0.1) is 0 Å². The van der Waals surface area contributed by atoms with E-state index in [9.17, 15) is 14.4 Å². The van der Waals surface area contributed by atoms with Crippen LogP contribution >= 0.6 is 0 Å². The van der Waals surface area contributed by atoms with Gasteiger partial charge >= 0.3 is 17.9 Å². The van der Waals surface area contributed by atoms with Gasteiger partial charge in [0.25, 0.3) is 0 Å². The lowest BCUT2D eigenvalue weighted by Gasteiger charge is -2.18. The van der Waals surface area contributed by atoms with Crippen molar-refractivity contribution in [1.82, 2.24) is 0 Å². The Kier molecular flexibility index (Phi) is 64.2. The molecule has 0 heterocycles. The van der Waals surface area contributed by atoms with Gasteiger partial charge in [0.15, 0.2) is 6.10 Å². The molecule has 0 aromatic heterocycles. The number of hydrogen-bond donors (Lipinski definition) is 0. The van der Waals surface area contributed by atoms with Crippen LogP contribution in [0.5, 0.6) is 0 Å². The molecule has 0 aliphatic carbocycles. The maximum absolute atomic E-state index is 12.9. The molecule has 79 heavy (non-hydrogen) atoms. The minimum atomic E-state index is -0.782. The van der Waals surface area contributed by atoms with E-state index in [1.54, 1.807) is 0 Å². The molecule has 0 saturated heterocycles. The van der Waals surface area contributed by atoms with Crippen LogP contribution in [0.4, 0.5) is 0 Å². The predicted octanol–water partition coefficient (Wildman–Crippen LogP) is 23.4. The molecule has 1 unspecified atom stereocenters. The van der Waals surface area contributed by atoms with E-state index < -0.39 is 6.10 Å². The number of esters is 3. The summed E-state index contributed by atoms with van der Waals surface area (Å²) in [5, 5.41) is 0. The third-order valence-electron chi connectivity index (χ3n) is 14.9. The van der Waals surface area contributed by atoms with Crippen LogP contribution in [0.25, 0.3) is 0 Å². The lowest BCUT2D eigenvalue weighted by atomic mass is 10.0. The van der Waals surface area contributed by atoms with Crippen molar-refractivity contribution in [2.24, 2.45) is 0 Å². The molecule has 0 aromatic rings. The first kappa shape index (κ1) is 75.6. The monoisotopic (exact) mass is 1100 g/mol. The molecule has 0 bridgehead atoms. The van der Waals surface area contributed by atoms with Gasteiger partial charge in [-0.1, -0.05) is 311 Å². The van der Waals surface area contributed by atoms with Crippen molar-refractivity contribution in [2.75, 3.05) is 13.2 Å². The van der Waals surface area contributed by atoms with Crippen molar-refractivity contribution in [1.29, 1.82) is 0 Å². The average Bonchev–Trinajstić information content (AvgIpc) is 3.45. The van der Waals surface area contributed by atoms with Crippen LogP contribution in [0.1, 0.15) is 342 Å². The molecular formula is C73H128O6. The second kappa shape index (κ2) is 67.1. The summed E-state index contributed by atoms with van der Waals surface area (Å²) >= 11 is 0. The van der Waals surface area contributed by atoms with Crippen LogP contribution in [-0.4, -0.2) is 37.2 Å². The maximum Gasteiger partial charge on any atom is 0.306 e. The Hall–Kier alpha value is -3.41. The standard InChI is InChI=1S/C73H128O6/c1-4-7-10-13-16-19-22-25-28-31-32-33-34-35-36-37-38-39-40-43-45-48-51-54-57-60-63-66-72(75)78-69-70(79-73(76)67-64-61-58-55-52-49-46-42-30-27-24-21-18-15-12-9-6-3)68-77-71(74)65-62-59-56-53-50-47-44-41-29-26-23-20-17-14-11-8-5-2/h7,10,16,19,25,27-28,30,32-33,35-36,38-39,70H,4-6,8-9,11-15,17-18,20-24,26,29,31,34,37,40-69H2,1-3H3/b10-7-,19-16-,28-25-,30-27-,33-32-,36-35-,39-38-. The third-order valence-corrected chi connectivity index (χ3v) is 14.9. The molecule has 0 N–H and O–H groups in total. The minimum absolute atomic E-state index is 0.0769. The molecule has 456 valence electrons. The first-order valence-electron chi connectivity index (χ1n) is 34.1. The van der Waals surface area contributed by atoms with Gasteiger partial charge in [0.2, 0.25) is 0 Å². The summed E-state index contributed by atoms with van der Waals surface area (Å²) in [6, 6.07) is 0. The first-order valence-corrected chi connectivity index (χ1v) is 34.1. The highest BCUT2D eigenvalue weighted by Crippen LogP contribution is 2.17. The molecule has 0 rings (SSSR count). The normalized spacial score (nSPS) is 12.6. The zero-order valence-corrected chi connectivity index (χ0v) is 52.4. The summed E-state index contributed by atoms with van der Waals surface area (Å²) in [6.45, 7) is 6.56. The minimum Gasteiger partial charge on any atom is -0.462 e. The molecule has 0 aliphatic rings. The molecule has 6 nitrogen and oxygen atoms in total. The van der Waals surface area contributed by atoms with Crippen molar-refractivity contribution in [3.63, 3.8) is 0 Å². The molecule has 0 aliphatic heterocycles. The predicted molar refractivity (Wildman–Crippen MR) is 344 cm³/mol. The first-order chi connectivity index (χ1) is 39.0. The van der Waals surface area contributed by atoms with Gasteiger partial charge in [-0.05, 0) is 96.3 Å². The number of allylic oxidation sites excluding steroid dienone is 14. The van der Waals surface area contributed by atoms with Crippen molar-refractivity contribution < 1.29 is 28.6 Å². The maximum atomic E-state index is 12.9. The molecule has 1 atom stereocenters. The molecule has 0 saturated carbocycles. The van der Waals surface area contributed by atoms with E-state index in [-0.39, 0.29) is 31.1 Å². The van der Waals surface area contributed by atoms with Crippen molar-refractivity contribution >= 4 is 17.9 Å². The van der Waals surface area contributed by atoms with E-state index in [0.717, 1.165) is 103 Å². The summed E-state index contributed by atoms with van der Waals surface area (Å²) in [4.78, 5) is 38.4. The molecule has 0 spiro atoms. The smallest absolute Gasteiger partial charge is 0.306 e. The fourth-order valence-electron chi connectivity index (χ4n) is 9.80. The average molecular weight is 1100 g/mol. The van der Waals surface area contributed by atoms with Crippen LogP contribution in [0, 0.1) is 0 Å². The van der Waals surface area contributed by atoms with E-state index in [4.69, 9.17) is 14.2 Å². The second-order valence-corrected chi connectivity index (χ2v) is 22.7. The van der Waals surface area contributed by atoms with Crippen LogP contribution in [0.2, 0.25) is 0 Å². The van der Waals surface area contributed by atoms with Crippen LogP contribution in [0.15, 0.2) is 85.1 Å². The van der Waals surface area contributed by atoms with Gasteiger partial charge in [-0.25, -0.2) is 0 Å². The van der Waals surface area contributed by atoms with Crippen molar-refractivity contribution in [3.8, 4) is 0 Å². The van der Waals surface area contributed by atoms with Gasteiger partial charge in [-0.3, -0.25) is 14.4 Å². The number of carbonyl (C=O) groups is 3. The van der Waals surface area contributed by atoms with Crippen molar-refractivity contribution in [2.45, 2.75) is 348 Å². The Morgan fingerprint density at radius 2 is 0.494 bits per heavy atom. The summed E-state index contributed by atoms with van der Waals surface area (Å²) in [5.74, 6) is -0.872. The second-order valence-electron chi connectivity index (χ2n) is 22.7. The molecule has 0 fully saturated rings. The van der Waals surface area contributed by atoms with E-state index >= 15 is 0 Å². The largest absolute Gasteiger partial charge is 0.462 e. The number of ether oxygens (including phenoxy) is 3. The highest BCUT2D eigenvalue weighted by atomic mass is 16.6. The van der Waals surface area contributed by atoms with Crippen molar-refractivity contribution in [3.05, 3.63) is 85.1 Å². The summed E-state index contributed by atoms with van der Waals surface area (Å²) < 4.78 is 17.0. The molecule has 0 amide bonds. The van der Waals surface area contributed by atoms with Crippen LogP contribution in [-0.2, 0) is 28.6 Å². The van der Waals surface area contributed by atoms with Crippen LogP contribution in [0.3, 0.4) is 0 Å². The number of rotatable bonds is 62. The highest BCUT2D eigenvalue weighted by molar-refractivity contribution is 5.71. The lowest BCUT2D eigenvalue weighted by molar-refractivity contribution is -0.167. The Morgan fingerprint density at radius 3 is 0.785 bits per heavy atom. The number of unbranched alkanes of at least 4 members (excludes halogenated alkanes) is 37. The van der Waals surface area contributed by atoms with E-state index in [2.05, 4.69) is 106 Å². The molecular weight excluding hydrogens is 973 g/mol. The molecule has 0 aromatic carbocycles.